The van der Waals surface area contributed by atoms with E-state index in [2.05, 4.69) is 27.8 Å². The van der Waals surface area contributed by atoms with Crippen molar-refractivity contribution in [2.75, 3.05) is 11.1 Å². The number of hydrogen-bond donors (Lipinski definition) is 1. The summed E-state index contributed by atoms with van der Waals surface area (Å²) >= 11 is 3.14. The van der Waals surface area contributed by atoms with Gasteiger partial charge in [-0.25, -0.2) is 4.39 Å². The Balaban J connectivity index is 3.08. The van der Waals surface area contributed by atoms with Gasteiger partial charge in [-0.1, -0.05) is 33.8 Å². The van der Waals surface area contributed by atoms with Crippen molar-refractivity contribution in [2.24, 2.45) is 0 Å². The number of nitrogens with two attached hydrogens (primary N) is 1. The van der Waals surface area contributed by atoms with E-state index < -0.39 is 5.82 Å². The van der Waals surface area contributed by atoms with Gasteiger partial charge < -0.3 is 5.73 Å². The zero-order chi connectivity index (χ0) is 8.97. The standard InChI is InChI=1S/C9H7BrFN/c10-6-2-4-7-3-1-5-8(11)9(7)12/h1,3,5H,6,12H2. The molecule has 0 aliphatic rings. The molecule has 0 unspecified atom stereocenters. The Labute approximate surface area is 78.9 Å². The van der Waals surface area contributed by atoms with E-state index in [0.29, 0.717) is 10.9 Å². The predicted molar refractivity (Wildman–Crippen MR) is 51.5 cm³/mol. The summed E-state index contributed by atoms with van der Waals surface area (Å²) in [6.45, 7) is 0. The van der Waals surface area contributed by atoms with Crippen LogP contribution in [-0.2, 0) is 0 Å². The normalized spacial score (nSPS) is 8.83. The third-order valence-corrected chi connectivity index (χ3v) is 1.62. The van der Waals surface area contributed by atoms with E-state index >= 15 is 0 Å². The van der Waals surface area contributed by atoms with Crippen LogP contribution in [0.4, 0.5) is 10.1 Å². The molecule has 0 atom stereocenters. The van der Waals surface area contributed by atoms with Crippen molar-refractivity contribution in [3.8, 4) is 11.8 Å². The van der Waals surface area contributed by atoms with E-state index in [4.69, 9.17) is 5.73 Å². The van der Waals surface area contributed by atoms with Crippen molar-refractivity contribution in [3.05, 3.63) is 29.6 Å². The highest BCUT2D eigenvalue weighted by Crippen LogP contribution is 2.13. The number of anilines is 1. The Kier molecular flexibility index (Phi) is 3.12. The van der Waals surface area contributed by atoms with Gasteiger partial charge in [0.1, 0.15) is 5.82 Å². The van der Waals surface area contributed by atoms with Crippen molar-refractivity contribution >= 4 is 21.6 Å². The molecule has 1 aromatic carbocycles. The van der Waals surface area contributed by atoms with Crippen molar-refractivity contribution in [1.29, 1.82) is 0 Å². The minimum Gasteiger partial charge on any atom is -0.395 e. The van der Waals surface area contributed by atoms with E-state index in [-0.39, 0.29) is 5.69 Å². The van der Waals surface area contributed by atoms with E-state index in [0.717, 1.165) is 0 Å². The van der Waals surface area contributed by atoms with Gasteiger partial charge in [0.2, 0.25) is 0 Å². The van der Waals surface area contributed by atoms with Gasteiger partial charge in [-0.15, -0.1) is 0 Å². The zero-order valence-corrected chi connectivity index (χ0v) is 7.86. The lowest BCUT2D eigenvalue weighted by Crippen LogP contribution is -1.93. The summed E-state index contributed by atoms with van der Waals surface area (Å²) in [6, 6.07) is 4.59. The molecule has 0 aliphatic carbocycles. The predicted octanol–water partition coefficient (Wildman–Crippen LogP) is 2.15. The average Bonchev–Trinajstić information content (AvgIpc) is 2.08. The van der Waals surface area contributed by atoms with Crippen molar-refractivity contribution in [1.82, 2.24) is 0 Å². The Bertz CT molecular complexity index is 338. The molecule has 0 heterocycles. The number of alkyl halides is 1. The first-order valence-corrected chi connectivity index (χ1v) is 4.46. The van der Waals surface area contributed by atoms with Crippen LogP contribution in [0.1, 0.15) is 5.56 Å². The molecule has 0 saturated heterocycles. The van der Waals surface area contributed by atoms with E-state index in [1.165, 1.54) is 6.07 Å². The van der Waals surface area contributed by atoms with Crippen LogP contribution in [0.25, 0.3) is 0 Å². The SMILES string of the molecule is Nc1c(F)cccc1C#CCBr. The van der Waals surface area contributed by atoms with Gasteiger partial charge in [0.25, 0.3) is 0 Å². The lowest BCUT2D eigenvalue weighted by molar-refractivity contribution is 0.632. The van der Waals surface area contributed by atoms with Crippen LogP contribution in [0.3, 0.4) is 0 Å². The van der Waals surface area contributed by atoms with Crippen LogP contribution in [0.15, 0.2) is 18.2 Å². The molecule has 0 bridgehead atoms. The second-order valence-corrected chi connectivity index (χ2v) is 2.70. The highest BCUT2D eigenvalue weighted by molar-refractivity contribution is 9.09. The Hall–Kier alpha value is -1.01. The molecular weight excluding hydrogens is 221 g/mol. The van der Waals surface area contributed by atoms with Gasteiger partial charge in [0, 0.05) is 0 Å². The van der Waals surface area contributed by atoms with Gasteiger partial charge in [-0.05, 0) is 12.1 Å². The fraction of sp³-hybridized carbons (Fsp3) is 0.111. The molecule has 62 valence electrons. The van der Waals surface area contributed by atoms with Gasteiger partial charge >= 0.3 is 0 Å². The van der Waals surface area contributed by atoms with Gasteiger partial charge in [0.15, 0.2) is 0 Å². The van der Waals surface area contributed by atoms with Crippen molar-refractivity contribution in [3.63, 3.8) is 0 Å². The average molecular weight is 228 g/mol. The fourth-order valence-electron chi connectivity index (χ4n) is 0.775. The van der Waals surface area contributed by atoms with E-state index in [1.807, 2.05) is 0 Å². The lowest BCUT2D eigenvalue weighted by atomic mass is 10.2. The highest BCUT2D eigenvalue weighted by Gasteiger charge is 1.99. The monoisotopic (exact) mass is 227 g/mol. The summed E-state index contributed by atoms with van der Waals surface area (Å²) in [6.07, 6.45) is 0. The third-order valence-electron chi connectivity index (χ3n) is 1.34. The third kappa shape index (κ3) is 1.99. The maximum absolute atomic E-state index is 12.8. The highest BCUT2D eigenvalue weighted by atomic mass is 79.9. The summed E-state index contributed by atoms with van der Waals surface area (Å²) < 4.78 is 12.8. The zero-order valence-electron chi connectivity index (χ0n) is 6.27. The maximum atomic E-state index is 12.8. The minimum atomic E-state index is -0.420. The molecule has 1 nitrogen and oxygen atoms in total. The van der Waals surface area contributed by atoms with Crippen LogP contribution in [-0.4, -0.2) is 5.33 Å². The van der Waals surface area contributed by atoms with Crippen LogP contribution >= 0.6 is 15.9 Å². The summed E-state index contributed by atoms with van der Waals surface area (Å²) in [4.78, 5) is 0. The molecule has 0 radical (unpaired) electrons. The largest absolute Gasteiger partial charge is 0.395 e. The molecule has 12 heavy (non-hydrogen) atoms. The summed E-state index contributed by atoms with van der Waals surface area (Å²) in [5, 5.41) is 0.558. The lowest BCUT2D eigenvalue weighted by Gasteiger charge is -1.97. The number of benzene rings is 1. The first kappa shape index (κ1) is 9.08. The molecule has 0 amide bonds. The van der Waals surface area contributed by atoms with Crippen LogP contribution in [0.2, 0.25) is 0 Å². The van der Waals surface area contributed by atoms with E-state index in [9.17, 15) is 4.39 Å². The second-order valence-electron chi connectivity index (χ2n) is 2.14. The number of halogens is 2. The molecule has 0 aromatic heterocycles. The summed E-state index contributed by atoms with van der Waals surface area (Å²) in [5.74, 6) is 5.07. The maximum Gasteiger partial charge on any atom is 0.147 e. The minimum absolute atomic E-state index is 0.117. The topological polar surface area (TPSA) is 26.0 Å². The number of rotatable bonds is 0. The first-order valence-electron chi connectivity index (χ1n) is 3.34. The number of hydrogen-bond acceptors (Lipinski definition) is 1. The molecule has 3 heteroatoms. The van der Waals surface area contributed by atoms with Gasteiger partial charge in [-0.3, -0.25) is 0 Å². The van der Waals surface area contributed by atoms with Gasteiger partial charge in [-0.2, -0.15) is 0 Å². The van der Waals surface area contributed by atoms with E-state index in [1.54, 1.807) is 12.1 Å². The Morgan fingerprint density at radius 1 is 1.50 bits per heavy atom. The Morgan fingerprint density at radius 3 is 2.92 bits per heavy atom. The molecule has 0 fully saturated rings. The summed E-state index contributed by atoms with van der Waals surface area (Å²) in [5.41, 5.74) is 6.08. The second kappa shape index (κ2) is 4.13. The molecule has 0 spiro atoms. The first-order chi connectivity index (χ1) is 5.75. The van der Waals surface area contributed by atoms with Crippen LogP contribution < -0.4 is 5.73 Å². The molecular formula is C9H7BrFN. The van der Waals surface area contributed by atoms with Gasteiger partial charge in [0.05, 0.1) is 16.6 Å². The van der Waals surface area contributed by atoms with Crippen molar-refractivity contribution in [2.45, 2.75) is 0 Å². The quantitative estimate of drug-likeness (QED) is 0.411. The summed E-state index contributed by atoms with van der Waals surface area (Å²) in [7, 11) is 0. The molecule has 0 saturated carbocycles. The fourth-order valence-corrected chi connectivity index (χ4v) is 0.915. The molecule has 0 aliphatic heterocycles. The number of para-hydroxylation sites is 1. The molecule has 2 N–H and O–H groups in total. The number of nitrogen functional groups attached to an aromatic ring is 1. The van der Waals surface area contributed by atoms with Crippen molar-refractivity contribution < 1.29 is 4.39 Å². The molecule has 1 aromatic rings. The van der Waals surface area contributed by atoms with Crippen LogP contribution in [0.5, 0.6) is 0 Å². The smallest absolute Gasteiger partial charge is 0.147 e. The molecule has 1 rings (SSSR count). The van der Waals surface area contributed by atoms with Crippen LogP contribution in [0, 0.1) is 17.7 Å². The Morgan fingerprint density at radius 2 is 2.25 bits per heavy atom.